The number of nitrogens with zero attached hydrogens (tertiary/aromatic N) is 2. The lowest BCUT2D eigenvalue weighted by atomic mass is 10.1. The SMILES string of the molecule is CCN(CC)C(C)Oc1cccc2c(=O)c3cccc(OC(C)N(CC)CC)c3oc12. The van der Waals surface area contributed by atoms with Gasteiger partial charge in [-0.15, -0.1) is 0 Å². The fourth-order valence-corrected chi connectivity index (χ4v) is 4.02. The van der Waals surface area contributed by atoms with E-state index >= 15 is 0 Å². The number of ether oxygens (including phenoxy) is 2. The lowest BCUT2D eigenvalue weighted by Gasteiger charge is -2.27. The van der Waals surface area contributed by atoms with Crippen LogP contribution in [0, 0.1) is 0 Å². The minimum atomic E-state index is -0.143. The molecule has 3 rings (SSSR count). The third kappa shape index (κ3) is 4.70. The summed E-state index contributed by atoms with van der Waals surface area (Å²) in [6.07, 6.45) is -0.286. The van der Waals surface area contributed by atoms with E-state index in [-0.39, 0.29) is 17.9 Å². The number of hydrogen-bond acceptors (Lipinski definition) is 6. The summed E-state index contributed by atoms with van der Waals surface area (Å²) < 4.78 is 18.7. The molecule has 1 heterocycles. The van der Waals surface area contributed by atoms with Gasteiger partial charge in [-0.1, -0.05) is 39.8 Å². The average Bonchev–Trinajstić information content (AvgIpc) is 2.77. The van der Waals surface area contributed by atoms with Gasteiger partial charge in [0.2, 0.25) is 5.43 Å². The van der Waals surface area contributed by atoms with E-state index in [0.717, 1.165) is 26.2 Å². The molecule has 0 bridgehead atoms. The molecule has 0 N–H and O–H groups in total. The molecular formula is C25H34N2O4. The molecule has 3 aromatic rings. The molecule has 0 saturated heterocycles. The molecule has 0 aliphatic carbocycles. The predicted molar refractivity (Wildman–Crippen MR) is 126 cm³/mol. The van der Waals surface area contributed by atoms with Gasteiger partial charge in [0.05, 0.1) is 10.8 Å². The first kappa shape index (κ1) is 23.1. The largest absolute Gasteiger partial charge is 0.471 e. The summed E-state index contributed by atoms with van der Waals surface area (Å²) in [6.45, 7) is 15.9. The maximum Gasteiger partial charge on any atom is 0.200 e. The summed E-state index contributed by atoms with van der Waals surface area (Å²) in [4.78, 5) is 17.6. The van der Waals surface area contributed by atoms with E-state index in [1.54, 1.807) is 12.1 Å². The maximum absolute atomic E-state index is 13.3. The number of fused-ring (bicyclic) bond motifs is 2. The Kier molecular flexibility index (Phi) is 7.57. The summed E-state index contributed by atoms with van der Waals surface area (Å²) in [7, 11) is 0. The molecule has 2 unspecified atom stereocenters. The van der Waals surface area contributed by atoms with Crippen LogP contribution in [-0.4, -0.2) is 48.4 Å². The zero-order valence-electron chi connectivity index (χ0n) is 19.5. The van der Waals surface area contributed by atoms with Crippen LogP contribution in [0.1, 0.15) is 41.5 Å². The van der Waals surface area contributed by atoms with Crippen LogP contribution in [0.3, 0.4) is 0 Å². The molecule has 6 heteroatoms. The minimum absolute atomic E-state index is 0.0851. The van der Waals surface area contributed by atoms with Gasteiger partial charge in [0.1, 0.15) is 12.5 Å². The number of para-hydroxylation sites is 2. The van der Waals surface area contributed by atoms with Crippen LogP contribution in [-0.2, 0) is 0 Å². The Morgan fingerprint density at radius 2 is 1.13 bits per heavy atom. The first-order valence-corrected chi connectivity index (χ1v) is 11.2. The quantitative estimate of drug-likeness (QED) is 0.333. The summed E-state index contributed by atoms with van der Waals surface area (Å²) in [6, 6.07) is 10.9. The van der Waals surface area contributed by atoms with Crippen LogP contribution in [0.4, 0.5) is 0 Å². The highest BCUT2D eigenvalue weighted by Crippen LogP contribution is 2.32. The van der Waals surface area contributed by atoms with Crippen molar-refractivity contribution < 1.29 is 13.9 Å². The molecule has 168 valence electrons. The van der Waals surface area contributed by atoms with Crippen LogP contribution in [0.5, 0.6) is 11.5 Å². The molecule has 0 saturated carbocycles. The van der Waals surface area contributed by atoms with Crippen molar-refractivity contribution in [1.29, 1.82) is 0 Å². The monoisotopic (exact) mass is 426 g/mol. The average molecular weight is 427 g/mol. The Labute approximate surface area is 184 Å². The van der Waals surface area contributed by atoms with E-state index in [2.05, 4.69) is 37.5 Å². The van der Waals surface area contributed by atoms with E-state index < -0.39 is 0 Å². The molecule has 0 fully saturated rings. The second-order valence-corrected chi connectivity index (χ2v) is 7.57. The molecule has 1 aromatic heterocycles. The highest BCUT2D eigenvalue weighted by atomic mass is 16.5. The van der Waals surface area contributed by atoms with Gasteiger partial charge < -0.3 is 13.9 Å². The number of hydrogen-bond donors (Lipinski definition) is 0. The van der Waals surface area contributed by atoms with Crippen LogP contribution in [0.25, 0.3) is 21.9 Å². The van der Waals surface area contributed by atoms with Crippen LogP contribution < -0.4 is 14.9 Å². The highest BCUT2D eigenvalue weighted by Gasteiger charge is 2.19. The van der Waals surface area contributed by atoms with Gasteiger partial charge >= 0.3 is 0 Å². The van der Waals surface area contributed by atoms with Gasteiger partial charge in [-0.25, -0.2) is 0 Å². The molecule has 0 spiro atoms. The molecule has 0 amide bonds. The number of benzene rings is 2. The Bertz CT molecular complexity index is 989. The Morgan fingerprint density at radius 1 is 0.742 bits per heavy atom. The van der Waals surface area contributed by atoms with E-state index in [1.807, 2.05) is 38.1 Å². The van der Waals surface area contributed by atoms with Crippen molar-refractivity contribution in [2.45, 2.75) is 54.0 Å². The summed E-state index contributed by atoms with van der Waals surface area (Å²) in [5.41, 5.74) is 0.814. The maximum atomic E-state index is 13.3. The molecule has 31 heavy (non-hydrogen) atoms. The Hall–Kier alpha value is -2.57. The molecule has 2 aromatic carbocycles. The standard InChI is InChI=1S/C25H34N2O4/c1-7-26(8-2)17(5)29-21-15-11-13-19-23(28)20-14-12-16-22(25(20)31-24(19)21)30-18(6)27(9-3)10-4/h11-18H,7-10H2,1-6H3. The van der Waals surface area contributed by atoms with Crippen molar-refractivity contribution in [3.05, 3.63) is 46.6 Å². The van der Waals surface area contributed by atoms with Crippen molar-refractivity contribution >= 4 is 21.9 Å². The van der Waals surface area contributed by atoms with Crippen molar-refractivity contribution in [3.63, 3.8) is 0 Å². The first-order chi connectivity index (χ1) is 14.9. The van der Waals surface area contributed by atoms with Gasteiger partial charge in [0.15, 0.2) is 22.7 Å². The van der Waals surface area contributed by atoms with Crippen LogP contribution in [0.15, 0.2) is 45.6 Å². The van der Waals surface area contributed by atoms with Crippen molar-refractivity contribution in [3.8, 4) is 11.5 Å². The van der Waals surface area contributed by atoms with E-state index in [0.29, 0.717) is 33.4 Å². The fourth-order valence-electron chi connectivity index (χ4n) is 4.02. The lowest BCUT2D eigenvalue weighted by molar-refractivity contribution is 0.0476. The first-order valence-electron chi connectivity index (χ1n) is 11.2. The van der Waals surface area contributed by atoms with Crippen LogP contribution in [0.2, 0.25) is 0 Å². The molecule has 2 atom stereocenters. The smallest absolute Gasteiger partial charge is 0.200 e. The zero-order valence-corrected chi connectivity index (χ0v) is 19.5. The van der Waals surface area contributed by atoms with Crippen LogP contribution >= 0.6 is 0 Å². The second-order valence-electron chi connectivity index (χ2n) is 7.57. The minimum Gasteiger partial charge on any atom is -0.471 e. The topological polar surface area (TPSA) is 55.1 Å². The summed E-state index contributed by atoms with van der Waals surface area (Å²) in [5, 5.41) is 1.01. The molecule has 0 aliphatic rings. The third-order valence-electron chi connectivity index (χ3n) is 5.90. The van der Waals surface area contributed by atoms with Crippen molar-refractivity contribution in [2.24, 2.45) is 0 Å². The second kappa shape index (κ2) is 10.2. The molecule has 0 radical (unpaired) electrons. The van der Waals surface area contributed by atoms with E-state index in [1.165, 1.54) is 0 Å². The lowest BCUT2D eigenvalue weighted by Crippen LogP contribution is -2.37. The number of rotatable bonds is 10. The summed E-state index contributed by atoms with van der Waals surface area (Å²) >= 11 is 0. The third-order valence-corrected chi connectivity index (χ3v) is 5.90. The van der Waals surface area contributed by atoms with Gasteiger partial charge in [0, 0.05) is 0 Å². The van der Waals surface area contributed by atoms with E-state index in [9.17, 15) is 4.79 Å². The highest BCUT2D eigenvalue weighted by molar-refractivity contribution is 5.94. The van der Waals surface area contributed by atoms with Crippen molar-refractivity contribution in [1.82, 2.24) is 9.80 Å². The van der Waals surface area contributed by atoms with Gasteiger partial charge in [0.25, 0.3) is 0 Å². The molecule has 0 aliphatic heterocycles. The summed E-state index contributed by atoms with van der Waals surface area (Å²) in [5.74, 6) is 1.12. The molecule has 6 nitrogen and oxygen atoms in total. The van der Waals surface area contributed by atoms with Crippen molar-refractivity contribution in [2.75, 3.05) is 26.2 Å². The molecular weight excluding hydrogens is 392 g/mol. The van der Waals surface area contributed by atoms with Gasteiger partial charge in [-0.3, -0.25) is 14.6 Å². The van der Waals surface area contributed by atoms with Gasteiger partial charge in [-0.2, -0.15) is 0 Å². The zero-order chi connectivity index (χ0) is 22.5. The normalized spacial score (nSPS) is 13.8. The Balaban J connectivity index is 2.11. The van der Waals surface area contributed by atoms with E-state index in [4.69, 9.17) is 13.9 Å². The fraction of sp³-hybridized carbons (Fsp3) is 0.480. The van der Waals surface area contributed by atoms with Gasteiger partial charge in [-0.05, 0) is 64.3 Å². The predicted octanol–water partition coefficient (Wildman–Crippen LogP) is 5.08. The Morgan fingerprint density at radius 3 is 1.48 bits per heavy atom.